The molecule has 0 saturated carbocycles. The molecule has 0 aromatic rings. The predicted molar refractivity (Wildman–Crippen MR) is 58.2 cm³/mol. The van der Waals surface area contributed by atoms with Gasteiger partial charge in [0.1, 0.15) is 0 Å². The molecule has 1 fully saturated rings. The van der Waals surface area contributed by atoms with Crippen molar-refractivity contribution in [3.8, 4) is 0 Å². The van der Waals surface area contributed by atoms with Crippen molar-refractivity contribution in [1.82, 2.24) is 10.2 Å². The van der Waals surface area contributed by atoms with Gasteiger partial charge in [-0.25, -0.2) is 4.79 Å². The molecule has 82 valence electrons. The second-order valence-electron chi connectivity index (χ2n) is 5.30. The number of rotatable bonds is 2. The van der Waals surface area contributed by atoms with E-state index in [1.54, 1.807) is 0 Å². The van der Waals surface area contributed by atoms with Crippen LogP contribution in [0.3, 0.4) is 0 Å². The summed E-state index contributed by atoms with van der Waals surface area (Å²) in [5.41, 5.74) is 0.276. The predicted octanol–water partition coefficient (Wildman–Crippen LogP) is 2.08. The van der Waals surface area contributed by atoms with Gasteiger partial charge in [-0.3, -0.25) is 0 Å². The zero-order chi connectivity index (χ0) is 10.8. The summed E-state index contributed by atoms with van der Waals surface area (Å²) < 4.78 is 0. The van der Waals surface area contributed by atoms with Crippen LogP contribution in [0.1, 0.15) is 34.1 Å². The number of hydrogen-bond donors (Lipinski definition) is 1. The van der Waals surface area contributed by atoms with E-state index in [9.17, 15) is 4.79 Å². The van der Waals surface area contributed by atoms with Gasteiger partial charge >= 0.3 is 6.03 Å². The highest BCUT2D eigenvalue weighted by atomic mass is 16.2. The minimum atomic E-state index is 0.104. The topological polar surface area (TPSA) is 32.3 Å². The second-order valence-corrected chi connectivity index (χ2v) is 5.30. The molecule has 3 nitrogen and oxygen atoms in total. The number of nitrogens with zero attached hydrogens (tertiary/aromatic N) is 1. The molecule has 3 heteroatoms. The fourth-order valence-corrected chi connectivity index (χ4v) is 1.46. The van der Waals surface area contributed by atoms with Crippen molar-refractivity contribution in [1.29, 1.82) is 0 Å². The SMILES string of the molecule is CC(CN1CCCNC1=O)C(C)(C)C. The van der Waals surface area contributed by atoms with Gasteiger partial charge < -0.3 is 10.2 Å². The van der Waals surface area contributed by atoms with E-state index >= 15 is 0 Å². The summed E-state index contributed by atoms with van der Waals surface area (Å²) in [6.07, 6.45) is 1.07. The second kappa shape index (κ2) is 4.20. The summed E-state index contributed by atoms with van der Waals surface area (Å²) in [4.78, 5) is 13.4. The summed E-state index contributed by atoms with van der Waals surface area (Å²) in [6, 6.07) is 0.104. The van der Waals surface area contributed by atoms with E-state index in [-0.39, 0.29) is 11.4 Å². The van der Waals surface area contributed by atoms with Crippen LogP contribution in [0.25, 0.3) is 0 Å². The quantitative estimate of drug-likeness (QED) is 0.724. The summed E-state index contributed by atoms with van der Waals surface area (Å²) in [5.74, 6) is 0.534. The van der Waals surface area contributed by atoms with Crippen LogP contribution >= 0.6 is 0 Å². The third kappa shape index (κ3) is 2.89. The Hall–Kier alpha value is -0.730. The maximum Gasteiger partial charge on any atom is 0.317 e. The molecule has 0 aromatic carbocycles. The van der Waals surface area contributed by atoms with Crippen molar-refractivity contribution in [2.75, 3.05) is 19.6 Å². The highest BCUT2D eigenvalue weighted by Crippen LogP contribution is 2.26. The molecule has 2 amide bonds. The monoisotopic (exact) mass is 198 g/mol. The summed E-state index contributed by atoms with van der Waals surface area (Å²) in [6.45, 7) is 11.5. The number of hydrogen-bond acceptors (Lipinski definition) is 1. The van der Waals surface area contributed by atoms with Gasteiger partial charge in [0.2, 0.25) is 0 Å². The highest BCUT2D eigenvalue weighted by molar-refractivity contribution is 5.74. The Labute approximate surface area is 86.9 Å². The molecular weight excluding hydrogens is 176 g/mol. The normalized spacial score (nSPS) is 20.6. The van der Waals surface area contributed by atoms with Crippen LogP contribution in [-0.2, 0) is 0 Å². The molecule has 1 aliphatic heterocycles. The van der Waals surface area contributed by atoms with Gasteiger partial charge in [-0.2, -0.15) is 0 Å². The lowest BCUT2D eigenvalue weighted by Gasteiger charge is -2.35. The average Bonchev–Trinajstić information content (AvgIpc) is 2.07. The first-order valence-corrected chi connectivity index (χ1v) is 5.44. The maximum absolute atomic E-state index is 11.5. The Bertz CT molecular complexity index is 208. The van der Waals surface area contributed by atoms with Gasteiger partial charge in [0.05, 0.1) is 0 Å². The molecule has 1 rings (SSSR count). The van der Waals surface area contributed by atoms with Gasteiger partial charge in [0.15, 0.2) is 0 Å². The van der Waals surface area contributed by atoms with Crippen LogP contribution in [0.4, 0.5) is 4.79 Å². The van der Waals surface area contributed by atoms with Gasteiger partial charge in [-0.15, -0.1) is 0 Å². The Balaban J connectivity index is 2.46. The fraction of sp³-hybridized carbons (Fsp3) is 0.909. The Morgan fingerprint density at radius 3 is 2.64 bits per heavy atom. The smallest absolute Gasteiger partial charge is 0.317 e. The molecule has 1 N–H and O–H groups in total. The maximum atomic E-state index is 11.5. The Kier molecular flexibility index (Phi) is 3.40. The van der Waals surface area contributed by atoms with E-state index in [1.165, 1.54) is 0 Å². The lowest BCUT2D eigenvalue weighted by molar-refractivity contribution is 0.149. The van der Waals surface area contributed by atoms with Crippen molar-refractivity contribution in [2.24, 2.45) is 11.3 Å². The van der Waals surface area contributed by atoms with E-state index in [0.29, 0.717) is 5.92 Å². The summed E-state index contributed by atoms with van der Waals surface area (Å²) in [7, 11) is 0. The number of carbonyl (C=O) groups is 1. The number of urea groups is 1. The van der Waals surface area contributed by atoms with Crippen LogP contribution in [0.15, 0.2) is 0 Å². The third-order valence-corrected chi connectivity index (χ3v) is 3.14. The number of amides is 2. The lowest BCUT2D eigenvalue weighted by atomic mass is 9.82. The minimum absolute atomic E-state index is 0.104. The minimum Gasteiger partial charge on any atom is -0.338 e. The molecule has 0 aliphatic carbocycles. The molecule has 0 radical (unpaired) electrons. The molecular formula is C11H22N2O. The van der Waals surface area contributed by atoms with E-state index in [0.717, 1.165) is 26.1 Å². The van der Waals surface area contributed by atoms with E-state index in [4.69, 9.17) is 0 Å². The zero-order valence-electron chi connectivity index (χ0n) is 9.76. The molecule has 1 heterocycles. The van der Waals surface area contributed by atoms with Gasteiger partial charge in [0, 0.05) is 19.6 Å². The lowest BCUT2D eigenvalue weighted by Crippen LogP contribution is -2.49. The van der Waals surface area contributed by atoms with Crippen LogP contribution in [0.2, 0.25) is 0 Å². The fourth-order valence-electron chi connectivity index (χ4n) is 1.46. The Morgan fingerprint density at radius 2 is 2.14 bits per heavy atom. The van der Waals surface area contributed by atoms with Crippen LogP contribution in [0, 0.1) is 11.3 Å². The highest BCUT2D eigenvalue weighted by Gasteiger charge is 2.25. The third-order valence-electron chi connectivity index (χ3n) is 3.14. The molecule has 1 saturated heterocycles. The first-order valence-electron chi connectivity index (χ1n) is 5.44. The summed E-state index contributed by atoms with van der Waals surface area (Å²) >= 11 is 0. The van der Waals surface area contributed by atoms with E-state index in [1.807, 2.05) is 4.90 Å². The van der Waals surface area contributed by atoms with Crippen molar-refractivity contribution >= 4 is 6.03 Å². The molecule has 0 aromatic heterocycles. The van der Waals surface area contributed by atoms with Crippen molar-refractivity contribution in [2.45, 2.75) is 34.1 Å². The van der Waals surface area contributed by atoms with Gasteiger partial charge in [-0.1, -0.05) is 27.7 Å². The van der Waals surface area contributed by atoms with Crippen LogP contribution in [0.5, 0.6) is 0 Å². The van der Waals surface area contributed by atoms with Crippen molar-refractivity contribution in [3.05, 3.63) is 0 Å². The molecule has 14 heavy (non-hydrogen) atoms. The number of nitrogens with one attached hydrogen (secondary N) is 1. The summed E-state index contributed by atoms with van der Waals surface area (Å²) in [5, 5.41) is 2.88. The van der Waals surface area contributed by atoms with Crippen LogP contribution < -0.4 is 5.32 Å². The Morgan fingerprint density at radius 1 is 1.50 bits per heavy atom. The van der Waals surface area contributed by atoms with Gasteiger partial charge in [-0.05, 0) is 17.8 Å². The largest absolute Gasteiger partial charge is 0.338 e. The van der Waals surface area contributed by atoms with Crippen molar-refractivity contribution < 1.29 is 4.79 Å². The van der Waals surface area contributed by atoms with Crippen LogP contribution in [-0.4, -0.2) is 30.6 Å². The van der Waals surface area contributed by atoms with Gasteiger partial charge in [0.25, 0.3) is 0 Å². The number of carbonyl (C=O) groups excluding carboxylic acids is 1. The average molecular weight is 198 g/mol. The zero-order valence-corrected chi connectivity index (χ0v) is 9.76. The molecule has 1 unspecified atom stereocenters. The standard InChI is InChI=1S/C11H22N2O/c1-9(11(2,3)4)8-13-7-5-6-12-10(13)14/h9H,5-8H2,1-4H3,(H,12,14). The molecule has 0 bridgehead atoms. The van der Waals surface area contributed by atoms with E-state index in [2.05, 4.69) is 33.0 Å². The molecule has 1 aliphatic rings. The first kappa shape index (κ1) is 11.3. The van der Waals surface area contributed by atoms with E-state index < -0.39 is 0 Å². The van der Waals surface area contributed by atoms with Crippen molar-refractivity contribution in [3.63, 3.8) is 0 Å². The molecule has 1 atom stereocenters. The molecule has 0 spiro atoms. The first-order chi connectivity index (χ1) is 6.41.